The fourth-order valence-electron chi connectivity index (χ4n) is 1.07. The molecule has 0 spiro atoms. The van der Waals surface area contributed by atoms with Crippen molar-refractivity contribution in [3.63, 3.8) is 0 Å². The smallest absolute Gasteiger partial charge is 0.396 e. The molecule has 0 saturated heterocycles. The van der Waals surface area contributed by atoms with Crippen LogP contribution in [-0.4, -0.2) is 31.4 Å². The molecule has 96 valence electrons. The van der Waals surface area contributed by atoms with Crippen LogP contribution in [0, 0.1) is 0 Å². The molecule has 0 aromatic heterocycles. The van der Waals surface area contributed by atoms with E-state index >= 15 is 0 Å². The molecule has 0 heterocycles. The zero-order valence-electron chi connectivity index (χ0n) is 8.44. The fraction of sp³-hybridized carbons (Fsp3) is 0.333. The number of alkyl halides is 3. The molecule has 0 fully saturated rings. The minimum Gasteiger partial charge on any atom is -0.396 e. The average molecular weight is 286 g/mol. The molecule has 0 aliphatic rings. The summed E-state index contributed by atoms with van der Waals surface area (Å²) in [5.41, 5.74) is -5.32. The average Bonchev–Trinajstić information content (AvgIpc) is 2.25. The maximum absolute atomic E-state index is 12.4. The van der Waals surface area contributed by atoms with E-state index < -0.39 is 20.2 Å². The van der Waals surface area contributed by atoms with Gasteiger partial charge in [0.25, 0.3) is 9.84 Å². The van der Waals surface area contributed by atoms with E-state index in [-0.39, 0.29) is 17.3 Å². The Kier molecular flexibility index (Phi) is 4.45. The van der Waals surface area contributed by atoms with Gasteiger partial charge in [0.05, 0.1) is 11.5 Å². The quantitative estimate of drug-likeness (QED) is 0.861. The van der Waals surface area contributed by atoms with Gasteiger partial charge in [-0.05, 0) is 12.1 Å². The monoisotopic (exact) mass is 286 g/mol. The molecule has 3 nitrogen and oxygen atoms in total. The van der Waals surface area contributed by atoms with E-state index in [2.05, 4.69) is 0 Å². The number of aliphatic hydroxyl groups is 1. The highest BCUT2D eigenvalue weighted by molar-refractivity contribution is 8.00. The lowest BCUT2D eigenvalue weighted by molar-refractivity contribution is -0.0437. The summed E-state index contributed by atoms with van der Waals surface area (Å²) in [4.78, 5) is -0.787. The highest BCUT2D eigenvalue weighted by atomic mass is 32.2. The second-order valence-corrected chi connectivity index (χ2v) is 6.01. The van der Waals surface area contributed by atoms with E-state index in [0.717, 1.165) is 17.8 Å². The largest absolute Gasteiger partial charge is 0.501 e. The summed E-state index contributed by atoms with van der Waals surface area (Å²) in [6, 6.07) is 4.85. The Morgan fingerprint density at radius 2 is 1.82 bits per heavy atom. The Hall–Kier alpha value is -0.730. The van der Waals surface area contributed by atoms with Crippen molar-refractivity contribution in [2.45, 2.75) is 15.3 Å². The number of thioether (sulfide) groups is 1. The van der Waals surface area contributed by atoms with E-state index in [1.165, 1.54) is 18.2 Å². The van der Waals surface area contributed by atoms with Gasteiger partial charge in [0.1, 0.15) is 0 Å². The molecule has 0 saturated carbocycles. The number of rotatable bonds is 4. The first kappa shape index (κ1) is 14.3. The zero-order valence-corrected chi connectivity index (χ0v) is 10.1. The second kappa shape index (κ2) is 5.28. The van der Waals surface area contributed by atoms with Crippen molar-refractivity contribution in [3.8, 4) is 0 Å². The van der Waals surface area contributed by atoms with Crippen molar-refractivity contribution >= 4 is 21.6 Å². The van der Waals surface area contributed by atoms with Crippen LogP contribution in [0.25, 0.3) is 0 Å². The van der Waals surface area contributed by atoms with Gasteiger partial charge in [-0.2, -0.15) is 13.2 Å². The van der Waals surface area contributed by atoms with Gasteiger partial charge in [-0.1, -0.05) is 12.1 Å². The number of halogens is 3. The molecule has 0 radical (unpaired) electrons. The summed E-state index contributed by atoms with van der Waals surface area (Å²) < 4.78 is 59.6. The van der Waals surface area contributed by atoms with Gasteiger partial charge in [0.15, 0.2) is 0 Å². The number of sulfone groups is 1. The van der Waals surface area contributed by atoms with Crippen molar-refractivity contribution in [3.05, 3.63) is 24.3 Å². The minimum atomic E-state index is -5.34. The lowest BCUT2D eigenvalue weighted by Crippen LogP contribution is -2.23. The minimum absolute atomic E-state index is 0.0149. The highest BCUT2D eigenvalue weighted by Crippen LogP contribution is 2.35. The van der Waals surface area contributed by atoms with E-state index in [1.807, 2.05) is 0 Å². The van der Waals surface area contributed by atoms with Crippen LogP contribution in [-0.2, 0) is 9.84 Å². The van der Waals surface area contributed by atoms with Crippen LogP contribution < -0.4 is 0 Å². The van der Waals surface area contributed by atoms with Gasteiger partial charge in [-0.25, -0.2) is 8.42 Å². The second-order valence-electron chi connectivity index (χ2n) is 2.97. The lowest BCUT2D eigenvalue weighted by atomic mass is 10.4. The first-order valence-corrected chi connectivity index (χ1v) is 6.91. The molecule has 0 unspecified atom stereocenters. The fourth-order valence-corrected chi connectivity index (χ4v) is 3.11. The van der Waals surface area contributed by atoms with Gasteiger partial charge in [0, 0.05) is 10.6 Å². The highest BCUT2D eigenvalue weighted by Gasteiger charge is 2.47. The van der Waals surface area contributed by atoms with Crippen LogP contribution in [0.3, 0.4) is 0 Å². The Bertz CT molecular complexity index is 483. The predicted octanol–water partition coefficient (Wildman–Crippen LogP) is 2.06. The van der Waals surface area contributed by atoms with Crippen molar-refractivity contribution in [2.24, 2.45) is 0 Å². The number of hydrogen-bond donors (Lipinski definition) is 1. The van der Waals surface area contributed by atoms with Crippen LogP contribution in [0.5, 0.6) is 0 Å². The first-order valence-electron chi connectivity index (χ1n) is 4.44. The molecule has 0 atom stereocenters. The summed E-state index contributed by atoms with van der Waals surface area (Å²) in [7, 11) is -5.34. The Balaban J connectivity index is 3.23. The summed E-state index contributed by atoms with van der Waals surface area (Å²) in [6.07, 6.45) is 0. The third-order valence-corrected chi connectivity index (χ3v) is 4.52. The molecule has 1 N–H and O–H groups in total. The Labute approximate surface area is 101 Å². The topological polar surface area (TPSA) is 54.4 Å². The normalized spacial score (nSPS) is 12.7. The number of hydrogen-bond acceptors (Lipinski definition) is 4. The summed E-state index contributed by atoms with van der Waals surface area (Å²) in [5, 5.41) is 8.59. The third kappa shape index (κ3) is 3.14. The summed E-state index contributed by atoms with van der Waals surface area (Å²) in [6.45, 7) is -0.245. The lowest BCUT2D eigenvalue weighted by Gasteiger charge is -2.11. The molecule has 17 heavy (non-hydrogen) atoms. The predicted molar refractivity (Wildman–Crippen MR) is 57.5 cm³/mol. The molecule has 1 aromatic carbocycles. The van der Waals surface area contributed by atoms with Crippen LogP contribution in [0.15, 0.2) is 34.1 Å². The maximum Gasteiger partial charge on any atom is 0.501 e. The molecular formula is C9H9F3O3S2. The molecule has 8 heteroatoms. The Morgan fingerprint density at radius 1 is 1.24 bits per heavy atom. The molecule has 1 rings (SSSR count). The SMILES string of the molecule is O=S(=O)(c1ccccc1SCCO)C(F)(F)F. The molecule has 0 aliphatic heterocycles. The molecule has 0 amide bonds. The molecular weight excluding hydrogens is 277 g/mol. The van der Waals surface area contributed by atoms with Crippen LogP contribution in [0.1, 0.15) is 0 Å². The van der Waals surface area contributed by atoms with Gasteiger partial charge < -0.3 is 5.11 Å². The van der Waals surface area contributed by atoms with Crippen LogP contribution in [0.2, 0.25) is 0 Å². The van der Waals surface area contributed by atoms with Crippen molar-refractivity contribution in [2.75, 3.05) is 12.4 Å². The molecule has 0 aliphatic carbocycles. The summed E-state index contributed by atoms with van der Waals surface area (Å²) >= 11 is 0.861. The number of benzene rings is 1. The van der Waals surface area contributed by atoms with Crippen LogP contribution >= 0.6 is 11.8 Å². The van der Waals surface area contributed by atoms with Crippen molar-refractivity contribution in [1.29, 1.82) is 0 Å². The van der Waals surface area contributed by atoms with Gasteiger partial charge >= 0.3 is 5.51 Å². The Morgan fingerprint density at radius 3 is 2.35 bits per heavy atom. The van der Waals surface area contributed by atoms with Gasteiger partial charge in [-0.3, -0.25) is 0 Å². The van der Waals surface area contributed by atoms with Gasteiger partial charge in [0.2, 0.25) is 0 Å². The van der Waals surface area contributed by atoms with Crippen molar-refractivity contribution < 1.29 is 26.7 Å². The summed E-state index contributed by atoms with van der Waals surface area (Å²) in [5.74, 6) is 0.129. The zero-order chi connectivity index (χ0) is 13.1. The molecule has 0 bridgehead atoms. The first-order chi connectivity index (χ1) is 7.80. The van der Waals surface area contributed by atoms with Crippen molar-refractivity contribution in [1.82, 2.24) is 0 Å². The standard InChI is InChI=1S/C9H9F3O3S2/c10-9(11,12)17(14,15)8-4-2-1-3-7(8)16-6-5-13/h1-4,13H,5-6H2. The van der Waals surface area contributed by atoms with E-state index in [0.29, 0.717) is 0 Å². The van der Waals surface area contributed by atoms with Crippen LogP contribution in [0.4, 0.5) is 13.2 Å². The van der Waals surface area contributed by atoms with Gasteiger partial charge in [-0.15, -0.1) is 11.8 Å². The molecule has 1 aromatic rings. The van der Waals surface area contributed by atoms with E-state index in [9.17, 15) is 21.6 Å². The maximum atomic E-state index is 12.4. The number of aliphatic hydroxyl groups excluding tert-OH is 1. The van der Waals surface area contributed by atoms with E-state index in [4.69, 9.17) is 5.11 Å². The third-order valence-electron chi connectivity index (χ3n) is 1.79. The van der Waals surface area contributed by atoms with E-state index in [1.54, 1.807) is 0 Å².